The summed E-state index contributed by atoms with van der Waals surface area (Å²) in [5, 5.41) is 9.01. The van der Waals surface area contributed by atoms with E-state index in [0.29, 0.717) is 25.7 Å². The van der Waals surface area contributed by atoms with Gasteiger partial charge in [0.05, 0.1) is 25.5 Å². The van der Waals surface area contributed by atoms with Crippen LogP contribution in [-0.4, -0.2) is 36.7 Å². The molecule has 1 aromatic heterocycles. The third kappa shape index (κ3) is 5.54. The van der Waals surface area contributed by atoms with Crippen LogP contribution >= 0.6 is 36.2 Å². The molecule has 0 bridgehead atoms. The van der Waals surface area contributed by atoms with Crippen molar-refractivity contribution in [3.63, 3.8) is 0 Å². The third-order valence-electron chi connectivity index (χ3n) is 2.81. The maximum atomic E-state index is 11.8. The quantitative estimate of drug-likeness (QED) is 0.875. The largest absolute Gasteiger partial charge is 0.378 e. The van der Waals surface area contributed by atoms with E-state index in [1.807, 2.05) is 5.38 Å². The lowest BCUT2D eigenvalue weighted by molar-refractivity contribution is -0.126. The molecule has 0 aliphatic carbocycles. The van der Waals surface area contributed by atoms with Crippen molar-refractivity contribution in [2.75, 3.05) is 19.8 Å². The average Bonchev–Trinajstić information content (AvgIpc) is 2.86. The molecular weight excluding hydrogens is 321 g/mol. The topological polar surface area (TPSA) is 63.2 Å². The lowest BCUT2D eigenvalue weighted by Crippen LogP contribution is -2.51. The number of nitrogens with zero attached hydrogens (tertiary/aromatic N) is 1. The van der Waals surface area contributed by atoms with Crippen molar-refractivity contribution < 1.29 is 9.53 Å². The summed E-state index contributed by atoms with van der Waals surface area (Å²) in [6, 6.07) is -0.233. The second kappa shape index (κ2) is 9.52. The number of thiazole rings is 1. The normalized spacial score (nSPS) is 18.1. The van der Waals surface area contributed by atoms with Crippen LogP contribution < -0.4 is 10.6 Å². The predicted molar refractivity (Wildman–Crippen MR) is 85.2 cm³/mol. The van der Waals surface area contributed by atoms with E-state index in [9.17, 15) is 4.79 Å². The van der Waals surface area contributed by atoms with Gasteiger partial charge in [0.2, 0.25) is 5.91 Å². The van der Waals surface area contributed by atoms with E-state index in [1.165, 1.54) is 0 Å². The van der Waals surface area contributed by atoms with Gasteiger partial charge in [-0.1, -0.05) is 13.8 Å². The molecule has 1 aliphatic rings. The lowest BCUT2D eigenvalue weighted by atomic mass is 10.2. The van der Waals surface area contributed by atoms with Gasteiger partial charge in [-0.25, -0.2) is 4.98 Å². The second-order valence-corrected chi connectivity index (χ2v) is 5.56. The molecule has 0 spiro atoms. The molecule has 20 heavy (non-hydrogen) atoms. The van der Waals surface area contributed by atoms with Crippen molar-refractivity contribution in [2.24, 2.45) is 0 Å². The Kier molecular flexibility index (Phi) is 9.33. The number of amides is 1. The Morgan fingerprint density at radius 2 is 2.35 bits per heavy atom. The van der Waals surface area contributed by atoms with Gasteiger partial charge in [0.1, 0.15) is 11.0 Å². The molecule has 2 rings (SSSR count). The fraction of sp³-hybridized carbons (Fsp3) is 0.667. The van der Waals surface area contributed by atoms with E-state index in [4.69, 9.17) is 4.74 Å². The zero-order valence-corrected chi connectivity index (χ0v) is 14.0. The fourth-order valence-electron chi connectivity index (χ4n) is 1.69. The van der Waals surface area contributed by atoms with Crippen LogP contribution in [0.1, 0.15) is 30.5 Å². The molecule has 0 radical (unpaired) electrons. The number of hydrogen-bond donors (Lipinski definition) is 2. The molecule has 5 nitrogen and oxygen atoms in total. The molecule has 2 heterocycles. The first-order valence-corrected chi connectivity index (χ1v) is 7.08. The zero-order chi connectivity index (χ0) is 13.0. The number of carbonyl (C=O) groups excluding carboxylic acids is 1. The van der Waals surface area contributed by atoms with Gasteiger partial charge in [-0.2, -0.15) is 0 Å². The van der Waals surface area contributed by atoms with Crippen molar-refractivity contribution in [2.45, 2.75) is 32.4 Å². The van der Waals surface area contributed by atoms with Crippen LogP contribution in [0.3, 0.4) is 0 Å². The molecule has 1 aliphatic heterocycles. The summed E-state index contributed by atoms with van der Waals surface area (Å²) in [4.78, 5) is 16.3. The van der Waals surface area contributed by atoms with Crippen molar-refractivity contribution in [3.05, 3.63) is 16.1 Å². The van der Waals surface area contributed by atoms with Crippen LogP contribution in [0.15, 0.2) is 5.38 Å². The monoisotopic (exact) mass is 341 g/mol. The average molecular weight is 342 g/mol. The van der Waals surface area contributed by atoms with Crippen molar-refractivity contribution >= 4 is 42.1 Å². The Morgan fingerprint density at radius 1 is 1.60 bits per heavy atom. The number of nitrogens with one attached hydrogen (secondary N) is 2. The Hall–Kier alpha value is -0.400. The van der Waals surface area contributed by atoms with Crippen molar-refractivity contribution in [1.82, 2.24) is 15.6 Å². The number of ether oxygens (including phenoxy) is 1. The fourth-order valence-corrected chi connectivity index (χ4v) is 2.59. The molecule has 1 saturated heterocycles. The van der Waals surface area contributed by atoms with E-state index in [-0.39, 0.29) is 36.8 Å². The summed E-state index contributed by atoms with van der Waals surface area (Å²) in [5.41, 5.74) is 1.09. The molecule has 8 heteroatoms. The van der Waals surface area contributed by atoms with Gasteiger partial charge in [0.25, 0.3) is 0 Å². The predicted octanol–water partition coefficient (Wildman–Crippen LogP) is 1.71. The molecule has 2 N–H and O–H groups in total. The standard InChI is InChI=1S/C12H19N3O2S.2ClH/c1-8(2)10-7-18-11(15-10)5-14-12(16)9-6-17-4-3-13-9;;/h7-9,13H,3-6H2,1-2H3,(H,14,16);2*1H. The van der Waals surface area contributed by atoms with Crippen LogP contribution in [0.2, 0.25) is 0 Å². The summed E-state index contributed by atoms with van der Waals surface area (Å²) in [6.45, 7) is 6.57. The number of carbonyl (C=O) groups is 1. The highest BCUT2D eigenvalue weighted by molar-refractivity contribution is 7.09. The van der Waals surface area contributed by atoms with E-state index in [0.717, 1.165) is 17.2 Å². The van der Waals surface area contributed by atoms with Gasteiger partial charge in [-0.3, -0.25) is 4.79 Å². The summed E-state index contributed by atoms with van der Waals surface area (Å²) in [6.07, 6.45) is 0. The number of rotatable bonds is 4. The zero-order valence-electron chi connectivity index (χ0n) is 11.5. The molecular formula is C12H21Cl2N3O2S. The van der Waals surface area contributed by atoms with E-state index in [1.54, 1.807) is 11.3 Å². The van der Waals surface area contributed by atoms with Crippen molar-refractivity contribution in [3.8, 4) is 0 Å². The van der Waals surface area contributed by atoms with Crippen LogP contribution in [0.25, 0.3) is 0 Å². The second-order valence-electron chi connectivity index (χ2n) is 4.62. The van der Waals surface area contributed by atoms with Gasteiger partial charge in [0, 0.05) is 11.9 Å². The Morgan fingerprint density at radius 3 is 2.90 bits per heavy atom. The Bertz CT molecular complexity index is 409. The summed E-state index contributed by atoms with van der Waals surface area (Å²) in [5.74, 6) is 0.412. The molecule has 1 fully saturated rings. The van der Waals surface area contributed by atoms with E-state index < -0.39 is 0 Å². The SMILES string of the molecule is CC(C)c1csc(CNC(=O)C2COCCN2)n1.Cl.Cl. The van der Waals surface area contributed by atoms with Crippen LogP contribution in [-0.2, 0) is 16.1 Å². The molecule has 0 aromatic carbocycles. The minimum absolute atomic E-state index is 0. The molecule has 1 unspecified atom stereocenters. The maximum Gasteiger partial charge on any atom is 0.239 e. The molecule has 1 aromatic rings. The number of morpholine rings is 1. The first-order chi connectivity index (χ1) is 8.66. The van der Waals surface area contributed by atoms with E-state index >= 15 is 0 Å². The van der Waals surface area contributed by atoms with Crippen molar-refractivity contribution in [1.29, 1.82) is 0 Å². The van der Waals surface area contributed by atoms with Crippen LogP contribution in [0.4, 0.5) is 0 Å². The minimum Gasteiger partial charge on any atom is -0.378 e. The first kappa shape index (κ1) is 19.6. The number of halogens is 2. The minimum atomic E-state index is -0.233. The summed E-state index contributed by atoms with van der Waals surface area (Å²) >= 11 is 1.59. The van der Waals surface area contributed by atoms with Gasteiger partial charge >= 0.3 is 0 Å². The third-order valence-corrected chi connectivity index (χ3v) is 3.68. The highest BCUT2D eigenvalue weighted by Crippen LogP contribution is 2.17. The van der Waals surface area contributed by atoms with Gasteiger partial charge in [-0.05, 0) is 5.92 Å². The number of hydrogen-bond acceptors (Lipinski definition) is 5. The smallest absolute Gasteiger partial charge is 0.239 e. The Labute approximate surface area is 135 Å². The van der Waals surface area contributed by atoms with Gasteiger partial charge < -0.3 is 15.4 Å². The highest BCUT2D eigenvalue weighted by atomic mass is 35.5. The lowest BCUT2D eigenvalue weighted by Gasteiger charge is -2.22. The first-order valence-electron chi connectivity index (χ1n) is 6.20. The van der Waals surface area contributed by atoms with Gasteiger partial charge in [0.15, 0.2) is 0 Å². The molecule has 0 saturated carbocycles. The summed E-state index contributed by atoms with van der Waals surface area (Å²) in [7, 11) is 0. The summed E-state index contributed by atoms with van der Waals surface area (Å²) < 4.78 is 5.25. The van der Waals surface area contributed by atoms with Crippen LogP contribution in [0.5, 0.6) is 0 Å². The highest BCUT2D eigenvalue weighted by Gasteiger charge is 2.20. The maximum absolute atomic E-state index is 11.8. The molecule has 116 valence electrons. The van der Waals surface area contributed by atoms with E-state index in [2.05, 4.69) is 29.5 Å². The van der Waals surface area contributed by atoms with Gasteiger partial charge in [-0.15, -0.1) is 36.2 Å². The molecule has 1 atom stereocenters. The molecule has 1 amide bonds. The Balaban J connectivity index is 0.00000180. The van der Waals surface area contributed by atoms with Crippen LogP contribution in [0, 0.1) is 0 Å². The number of aromatic nitrogens is 1.